The molecule has 0 aliphatic rings. The van der Waals surface area contributed by atoms with Gasteiger partial charge >= 0.3 is 0 Å². The van der Waals surface area contributed by atoms with E-state index in [0.29, 0.717) is 17.4 Å². The molecule has 0 aromatic carbocycles. The Balaban J connectivity index is 2.25. The van der Waals surface area contributed by atoms with Crippen molar-refractivity contribution in [1.82, 2.24) is 15.0 Å². The van der Waals surface area contributed by atoms with Gasteiger partial charge < -0.3 is 4.98 Å². The molecule has 16 heavy (non-hydrogen) atoms. The lowest BCUT2D eigenvalue weighted by Gasteiger charge is -2.01. The zero-order valence-electron chi connectivity index (χ0n) is 8.47. The first-order valence-corrected chi connectivity index (χ1v) is 6.94. The number of nitrogens with zero attached hydrogens (tertiary/aromatic N) is 2. The van der Waals surface area contributed by atoms with Gasteiger partial charge in [0.2, 0.25) is 0 Å². The number of sulfonamides is 1. The Hall–Kier alpha value is -1.41. The average Bonchev–Trinajstić information content (AvgIpc) is 2.85. The topological polar surface area (TPSA) is 87.7 Å². The largest absolute Gasteiger partial charge is 0.332 e. The van der Waals surface area contributed by atoms with Gasteiger partial charge in [-0.1, -0.05) is 6.92 Å². The molecule has 0 saturated carbocycles. The van der Waals surface area contributed by atoms with Crippen molar-refractivity contribution in [3.05, 3.63) is 23.6 Å². The second-order valence-corrected chi connectivity index (χ2v) is 5.54. The Morgan fingerprint density at radius 1 is 1.50 bits per heavy atom. The normalized spacial score (nSPS) is 11.6. The van der Waals surface area contributed by atoms with E-state index in [1.165, 1.54) is 23.7 Å². The summed E-state index contributed by atoms with van der Waals surface area (Å²) in [5.41, 5.74) is 0. The van der Waals surface area contributed by atoms with E-state index < -0.39 is 10.0 Å². The fraction of sp³-hybridized carbons (Fsp3) is 0.250. The molecule has 2 heterocycles. The number of H-pyrrole nitrogens is 1. The molecule has 2 aromatic rings. The minimum Gasteiger partial charge on any atom is -0.332 e. The van der Waals surface area contributed by atoms with Gasteiger partial charge in [-0.2, -0.15) is 8.42 Å². The summed E-state index contributed by atoms with van der Waals surface area (Å²) in [7, 11) is -3.59. The number of aromatic amines is 1. The maximum atomic E-state index is 11.8. The molecule has 8 heteroatoms. The van der Waals surface area contributed by atoms with Gasteiger partial charge in [0, 0.05) is 18.0 Å². The number of anilines is 1. The third kappa shape index (κ3) is 2.22. The van der Waals surface area contributed by atoms with Crippen molar-refractivity contribution in [2.75, 3.05) is 4.72 Å². The summed E-state index contributed by atoms with van der Waals surface area (Å²) >= 11 is 1.22. The van der Waals surface area contributed by atoms with Crippen molar-refractivity contribution in [3.8, 4) is 0 Å². The van der Waals surface area contributed by atoms with E-state index in [4.69, 9.17) is 0 Å². The molecule has 2 rings (SSSR count). The number of thiazole rings is 1. The number of nitrogens with one attached hydrogen (secondary N) is 2. The predicted octanol–water partition coefficient (Wildman–Crippen LogP) is 1.23. The van der Waals surface area contributed by atoms with Crippen LogP contribution < -0.4 is 4.72 Å². The molecule has 86 valence electrons. The highest BCUT2D eigenvalue weighted by atomic mass is 32.2. The Labute approximate surface area is 96.8 Å². The molecule has 0 aliphatic carbocycles. The number of aromatic nitrogens is 3. The van der Waals surface area contributed by atoms with Crippen LogP contribution in [0, 0.1) is 0 Å². The van der Waals surface area contributed by atoms with Gasteiger partial charge in [0.1, 0.15) is 5.82 Å². The van der Waals surface area contributed by atoms with Gasteiger partial charge in [0.25, 0.3) is 10.0 Å². The van der Waals surface area contributed by atoms with Crippen LogP contribution in [-0.4, -0.2) is 23.4 Å². The third-order valence-corrected chi connectivity index (χ3v) is 3.95. The van der Waals surface area contributed by atoms with Crippen LogP contribution in [0.4, 0.5) is 5.13 Å². The van der Waals surface area contributed by atoms with Gasteiger partial charge in [-0.3, -0.25) is 4.72 Å². The summed E-state index contributed by atoms with van der Waals surface area (Å²) in [6.45, 7) is 1.89. The van der Waals surface area contributed by atoms with E-state index in [2.05, 4.69) is 19.7 Å². The lowest BCUT2D eigenvalue weighted by molar-refractivity contribution is 0.598. The minimum atomic E-state index is -3.59. The summed E-state index contributed by atoms with van der Waals surface area (Å²) in [5, 5.41) is 2.09. The maximum absolute atomic E-state index is 11.8. The van der Waals surface area contributed by atoms with Gasteiger partial charge in [-0.15, -0.1) is 11.3 Å². The van der Waals surface area contributed by atoms with Gasteiger partial charge in [-0.25, -0.2) is 9.97 Å². The Bertz CT molecular complexity index is 559. The number of aryl methyl sites for hydroxylation is 1. The highest BCUT2D eigenvalue weighted by Crippen LogP contribution is 2.16. The SMILES string of the molecule is CCc1ncc(S(=O)(=O)Nc2nccs2)[nH]1. The van der Waals surface area contributed by atoms with Gasteiger partial charge in [0.15, 0.2) is 10.2 Å². The highest BCUT2D eigenvalue weighted by Gasteiger charge is 2.17. The van der Waals surface area contributed by atoms with Crippen molar-refractivity contribution in [2.24, 2.45) is 0 Å². The van der Waals surface area contributed by atoms with Crippen LogP contribution in [0.15, 0.2) is 22.8 Å². The third-order valence-electron chi connectivity index (χ3n) is 1.88. The molecule has 0 radical (unpaired) electrons. The van der Waals surface area contributed by atoms with E-state index in [9.17, 15) is 8.42 Å². The molecule has 0 fully saturated rings. The zero-order valence-corrected chi connectivity index (χ0v) is 10.1. The van der Waals surface area contributed by atoms with Crippen molar-refractivity contribution in [3.63, 3.8) is 0 Å². The molecule has 0 amide bonds. The summed E-state index contributed by atoms with van der Waals surface area (Å²) < 4.78 is 26.0. The average molecular weight is 258 g/mol. The first kappa shape index (κ1) is 11.1. The molecule has 0 unspecified atom stereocenters. The zero-order chi connectivity index (χ0) is 11.6. The number of hydrogen-bond acceptors (Lipinski definition) is 5. The maximum Gasteiger partial charge on any atom is 0.280 e. The first-order chi connectivity index (χ1) is 7.62. The van der Waals surface area contributed by atoms with Crippen LogP contribution in [0.1, 0.15) is 12.7 Å². The standard InChI is InChI=1S/C8H10N4O2S2/c1-2-6-10-5-7(11-6)16(13,14)12-8-9-3-4-15-8/h3-5H,2H2,1H3,(H,9,12)(H,10,11). The van der Waals surface area contributed by atoms with E-state index in [-0.39, 0.29) is 5.03 Å². The van der Waals surface area contributed by atoms with E-state index in [1.807, 2.05) is 6.92 Å². The lowest BCUT2D eigenvalue weighted by atomic mass is 10.5. The molecule has 0 spiro atoms. The second kappa shape index (κ2) is 4.22. The molecule has 0 saturated heterocycles. The summed E-state index contributed by atoms with van der Waals surface area (Å²) in [4.78, 5) is 10.5. The van der Waals surface area contributed by atoms with E-state index in [0.717, 1.165) is 0 Å². The molecular weight excluding hydrogens is 248 g/mol. The Morgan fingerprint density at radius 2 is 2.31 bits per heavy atom. The van der Waals surface area contributed by atoms with Crippen LogP contribution in [0.2, 0.25) is 0 Å². The van der Waals surface area contributed by atoms with Crippen molar-refractivity contribution >= 4 is 26.5 Å². The summed E-state index contributed by atoms with van der Waals surface area (Å²) in [6, 6.07) is 0. The Kier molecular flexibility index (Phi) is 2.92. The van der Waals surface area contributed by atoms with Crippen LogP contribution in [0.25, 0.3) is 0 Å². The fourth-order valence-corrected chi connectivity index (χ4v) is 2.83. The summed E-state index contributed by atoms with van der Waals surface area (Å²) in [6.07, 6.45) is 3.49. The van der Waals surface area contributed by atoms with E-state index in [1.54, 1.807) is 5.38 Å². The van der Waals surface area contributed by atoms with Crippen LogP contribution in [0.5, 0.6) is 0 Å². The minimum absolute atomic E-state index is 0.0551. The summed E-state index contributed by atoms with van der Waals surface area (Å²) in [5.74, 6) is 0.638. The van der Waals surface area contributed by atoms with Gasteiger partial charge in [-0.05, 0) is 0 Å². The number of imidazole rings is 1. The van der Waals surface area contributed by atoms with Crippen LogP contribution in [-0.2, 0) is 16.4 Å². The Morgan fingerprint density at radius 3 is 2.88 bits per heavy atom. The van der Waals surface area contributed by atoms with Crippen molar-refractivity contribution < 1.29 is 8.42 Å². The molecule has 0 atom stereocenters. The first-order valence-electron chi connectivity index (χ1n) is 4.58. The molecular formula is C8H10N4O2S2. The number of rotatable bonds is 4. The highest BCUT2D eigenvalue weighted by molar-refractivity contribution is 7.92. The lowest BCUT2D eigenvalue weighted by Crippen LogP contribution is -2.13. The quantitative estimate of drug-likeness (QED) is 0.863. The van der Waals surface area contributed by atoms with Crippen molar-refractivity contribution in [2.45, 2.75) is 18.4 Å². The van der Waals surface area contributed by atoms with Crippen molar-refractivity contribution in [1.29, 1.82) is 0 Å². The second-order valence-electron chi connectivity index (χ2n) is 2.99. The van der Waals surface area contributed by atoms with Crippen LogP contribution in [0.3, 0.4) is 0 Å². The van der Waals surface area contributed by atoms with Gasteiger partial charge in [0.05, 0.1) is 6.20 Å². The van der Waals surface area contributed by atoms with E-state index >= 15 is 0 Å². The molecule has 0 aliphatic heterocycles. The molecule has 0 bridgehead atoms. The smallest absolute Gasteiger partial charge is 0.280 e. The molecule has 6 nitrogen and oxygen atoms in total. The van der Waals surface area contributed by atoms with Crippen LogP contribution >= 0.6 is 11.3 Å². The fourth-order valence-electron chi connectivity index (χ4n) is 1.10. The number of hydrogen-bond donors (Lipinski definition) is 2. The molecule has 2 aromatic heterocycles. The molecule has 2 N–H and O–H groups in total. The predicted molar refractivity (Wildman–Crippen MR) is 60.9 cm³/mol. The monoisotopic (exact) mass is 258 g/mol.